The fraction of sp³-hybridized carbons (Fsp3) is 0.550. The van der Waals surface area contributed by atoms with Crippen molar-refractivity contribution in [3.8, 4) is 0 Å². The van der Waals surface area contributed by atoms with E-state index >= 15 is 0 Å². The maximum Gasteiger partial charge on any atom is 0.251 e. The highest BCUT2D eigenvalue weighted by molar-refractivity contribution is 6.05. The monoisotopic (exact) mass is 358 g/mol. The molecule has 6 heteroatoms. The maximum atomic E-state index is 12.9. The van der Waals surface area contributed by atoms with Gasteiger partial charge in [0.15, 0.2) is 6.67 Å². The summed E-state index contributed by atoms with van der Waals surface area (Å²) < 4.78 is 0. The van der Waals surface area contributed by atoms with Crippen molar-refractivity contribution in [3.63, 3.8) is 0 Å². The van der Waals surface area contributed by atoms with Crippen LogP contribution in [0.4, 0.5) is 0 Å². The van der Waals surface area contributed by atoms with Crippen LogP contribution in [0.2, 0.25) is 0 Å². The van der Waals surface area contributed by atoms with Gasteiger partial charge >= 0.3 is 0 Å². The van der Waals surface area contributed by atoms with Crippen molar-refractivity contribution >= 4 is 17.7 Å². The summed E-state index contributed by atoms with van der Waals surface area (Å²) in [5, 5.41) is 2.60. The van der Waals surface area contributed by atoms with E-state index in [1.165, 1.54) is 11.3 Å². The smallest absolute Gasteiger partial charge is 0.251 e. The summed E-state index contributed by atoms with van der Waals surface area (Å²) in [6.07, 6.45) is 5.36. The van der Waals surface area contributed by atoms with E-state index in [0.29, 0.717) is 25.2 Å². The third-order valence-electron chi connectivity index (χ3n) is 5.68. The van der Waals surface area contributed by atoms with Gasteiger partial charge in [-0.25, -0.2) is 4.90 Å². The molecule has 2 N–H and O–H groups in total. The highest BCUT2D eigenvalue weighted by atomic mass is 16.2. The Balaban J connectivity index is 1.61. The van der Waals surface area contributed by atoms with Gasteiger partial charge < -0.3 is 10.2 Å². The van der Waals surface area contributed by atoms with Crippen LogP contribution in [0.1, 0.15) is 54.4 Å². The molecule has 0 aromatic heterocycles. The van der Waals surface area contributed by atoms with E-state index in [2.05, 4.69) is 5.32 Å². The zero-order valence-electron chi connectivity index (χ0n) is 15.6. The van der Waals surface area contributed by atoms with E-state index in [4.69, 9.17) is 0 Å². The van der Waals surface area contributed by atoms with Crippen LogP contribution >= 0.6 is 0 Å². The minimum atomic E-state index is -0.412. The summed E-state index contributed by atoms with van der Waals surface area (Å²) in [5.74, 6) is -0.0916. The number of likely N-dealkylation sites (tertiary alicyclic amines) is 1. The SMILES string of the molecule is CNC(=O)c1ccc(C[NH+](C)CN2C(=O)CC3(CCCCC3)C2=O)cc1. The molecular weight excluding hydrogens is 330 g/mol. The number of nitrogens with zero attached hydrogens (tertiary/aromatic N) is 1. The summed E-state index contributed by atoms with van der Waals surface area (Å²) >= 11 is 0. The molecule has 1 unspecified atom stereocenters. The topological polar surface area (TPSA) is 70.9 Å². The number of hydrogen-bond acceptors (Lipinski definition) is 3. The highest BCUT2D eigenvalue weighted by Gasteiger charge is 2.52. The van der Waals surface area contributed by atoms with Crippen molar-refractivity contribution in [2.45, 2.75) is 45.1 Å². The standard InChI is InChI=1S/C20H27N3O3/c1-21-18(25)16-8-6-15(7-9-16)13-22(2)14-23-17(24)12-20(19(23)26)10-4-3-5-11-20/h6-9H,3-5,10-14H2,1-2H3,(H,21,25)/p+1. The molecule has 2 aliphatic rings. The van der Waals surface area contributed by atoms with Crippen LogP contribution in [0, 0.1) is 5.41 Å². The number of hydrogen-bond donors (Lipinski definition) is 2. The minimum Gasteiger partial charge on any atom is -0.355 e. The number of carbonyl (C=O) groups excluding carboxylic acids is 3. The van der Waals surface area contributed by atoms with Gasteiger partial charge in [-0.05, 0) is 25.0 Å². The van der Waals surface area contributed by atoms with Gasteiger partial charge in [0.1, 0.15) is 6.54 Å². The lowest BCUT2D eigenvalue weighted by Crippen LogP contribution is -3.09. The number of nitrogens with one attached hydrogen (secondary N) is 2. The number of benzene rings is 1. The second kappa shape index (κ2) is 7.58. The first kappa shape index (κ1) is 18.6. The Bertz CT molecular complexity index is 693. The number of imide groups is 1. The largest absolute Gasteiger partial charge is 0.355 e. The van der Waals surface area contributed by atoms with Gasteiger partial charge in [-0.2, -0.15) is 0 Å². The van der Waals surface area contributed by atoms with Gasteiger partial charge in [-0.3, -0.25) is 14.4 Å². The van der Waals surface area contributed by atoms with E-state index in [9.17, 15) is 14.4 Å². The average Bonchev–Trinajstić information content (AvgIpc) is 2.86. The summed E-state index contributed by atoms with van der Waals surface area (Å²) in [6.45, 7) is 1.09. The van der Waals surface area contributed by atoms with Gasteiger partial charge in [0.05, 0.1) is 12.5 Å². The molecule has 0 bridgehead atoms. The Kier molecular flexibility index (Phi) is 5.41. The van der Waals surface area contributed by atoms with Gasteiger partial charge in [-0.15, -0.1) is 0 Å². The number of quaternary nitrogens is 1. The zero-order valence-corrected chi connectivity index (χ0v) is 15.6. The summed E-state index contributed by atoms with van der Waals surface area (Å²) in [4.78, 5) is 39.5. The summed E-state index contributed by atoms with van der Waals surface area (Å²) in [6, 6.07) is 7.43. The molecule has 26 heavy (non-hydrogen) atoms. The predicted molar refractivity (Wildman–Crippen MR) is 97.3 cm³/mol. The molecule has 1 aliphatic heterocycles. The molecule has 0 radical (unpaired) electrons. The first-order valence-electron chi connectivity index (χ1n) is 9.42. The molecule has 1 heterocycles. The number of carbonyl (C=O) groups is 3. The second-order valence-electron chi connectivity index (χ2n) is 7.71. The Labute approximate surface area is 154 Å². The number of amides is 3. The van der Waals surface area contributed by atoms with Crippen LogP contribution in [0.15, 0.2) is 24.3 Å². The first-order chi connectivity index (χ1) is 12.4. The third kappa shape index (κ3) is 3.65. The van der Waals surface area contributed by atoms with E-state index in [1.807, 2.05) is 19.2 Å². The van der Waals surface area contributed by atoms with E-state index in [0.717, 1.165) is 36.1 Å². The molecule has 2 fully saturated rings. The van der Waals surface area contributed by atoms with E-state index in [-0.39, 0.29) is 17.7 Å². The molecule has 1 spiro atoms. The highest BCUT2D eigenvalue weighted by Crippen LogP contribution is 2.44. The minimum absolute atomic E-state index is 0.0220. The molecule has 6 nitrogen and oxygen atoms in total. The van der Waals surface area contributed by atoms with Crippen molar-refractivity contribution in [2.24, 2.45) is 5.41 Å². The predicted octanol–water partition coefficient (Wildman–Crippen LogP) is 0.728. The molecule has 1 aromatic carbocycles. The van der Waals surface area contributed by atoms with Crippen molar-refractivity contribution in [2.75, 3.05) is 20.8 Å². The Morgan fingerprint density at radius 2 is 1.81 bits per heavy atom. The van der Waals surface area contributed by atoms with Crippen LogP contribution < -0.4 is 10.2 Å². The zero-order chi connectivity index (χ0) is 18.7. The quantitative estimate of drug-likeness (QED) is 0.763. The van der Waals surface area contributed by atoms with Crippen molar-refractivity contribution in [3.05, 3.63) is 35.4 Å². The lowest BCUT2D eigenvalue weighted by molar-refractivity contribution is -0.901. The molecular formula is C20H28N3O3+. The van der Waals surface area contributed by atoms with Crippen molar-refractivity contribution in [1.82, 2.24) is 10.2 Å². The first-order valence-corrected chi connectivity index (χ1v) is 9.42. The molecule has 1 atom stereocenters. The van der Waals surface area contributed by atoms with Crippen LogP contribution in [0.5, 0.6) is 0 Å². The summed E-state index contributed by atoms with van der Waals surface area (Å²) in [5.41, 5.74) is 1.28. The average molecular weight is 358 g/mol. The van der Waals surface area contributed by atoms with Crippen molar-refractivity contribution < 1.29 is 19.3 Å². The van der Waals surface area contributed by atoms with Gasteiger partial charge in [-0.1, -0.05) is 31.4 Å². The van der Waals surface area contributed by atoms with E-state index in [1.54, 1.807) is 19.2 Å². The Morgan fingerprint density at radius 1 is 1.15 bits per heavy atom. The van der Waals surface area contributed by atoms with E-state index < -0.39 is 5.41 Å². The van der Waals surface area contributed by atoms with Crippen LogP contribution in [0.25, 0.3) is 0 Å². The van der Waals surface area contributed by atoms with Gasteiger partial charge in [0, 0.05) is 24.6 Å². The molecule has 1 aliphatic carbocycles. The maximum absolute atomic E-state index is 12.9. The number of rotatable bonds is 5. The third-order valence-corrected chi connectivity index (χ3v) is 5.68. The van der Waals surface area contributed by atoms with Gasteiger partial charge in [0.2, 0.25) is 11.8 Å². The van der Waals surface area contributed by atoms with Gasteiger partial charge in [0.25, 0.3) is 5.91 Å². The fourth-order valence-corrected chi connectivity index (χ4v) is 4.23. The lowest BCUT2D eigenvalue weighted by atomic mass is 9.73. The fourth-order valence-electron chi connectivity index (χ4n) is 4.23. The molecule has 140 valence electrons. The lowest BCUT2D eigenvalue weighted by Gasteiger charge is -2.30. The molecule has 3 rings (SSSR count). The Hall–Kier alpha value is -2.21. The molecule has 1 aromatic rings. The normalized spacial score (nSPS) is 20.5. The Morgan fingerprint density at radius 3 is 2.42 bits per heavy atom. The second-order valence-corrected chi connectivity index (χ2v) is 7.71. The summed E-state index contributed by atoms with van der Waals surface area (Å²) in [7, 11) is 3.59. The van der Waals surface area contributed by atoms with Crippen LogP contribution in [-0.4, -0.2) is 43.4 Å². The molecule has 1 saturated heterocycles. The molecule has 3 amide bonds. The van der Waals surface area contributed by atoms with Crippen LogP contribution in [-0.2, 0) is 16.1 Å². The molecule has 1 saturated carbocycles. The van der Waals surface area contributed by atoms with Crippen LogP contribution in [0.3, 0.4) is 0 Å². The van der Waals surface area contributed by atoms with Crippen molar-refractivity contribution in [1.29, 1.82) is 0 Å².